The van der Waals surface area contributed by atoms with Crippen LogP contribution in [-0.2, 0) is 6.54 Å². The first-order valence-electron chi connectivity index (χ1n) is 2.65. The van der Waals surface area contributed by atoms with Crippen molar-refractivity contribution < 1.29 is 0 Å². The summed E-state index contributed by atoms with van der Waals surface area (Å²) in [4.78, 5) is 0. The molecular weight excluding hydrogens is 184 g/mol. The lowest BCUT2D eigenvalue weighted by molar-refractivity contribution is 0.764. The lowest BCUT2D eigenvalue weighted by Gasteiger charge is -1.90. The van der Waals surface area contributed by atoms with Gasteiger partial charge in [-0.3, -0.25) is 5.10 Å². The van der Waals surface area contributed by atoms with E-state index in [9.17, 15) is 0 Å². The van der Waals surface area contributed by atoms with Gasteiger partial charge in [0.2, 0.25) is 0 Å². The first-order chi connectivity index (χ1) is 4.74. The largest absolute Gasteiger partial charge is 0.277 e. The highest BCUT2D eigenvalue weighted by molar-refractivity contribution is 7.75. The van der Waals surface area contributed by atoms with Crippen LogP contribution in [0.1, 0.15) is 0 Å². The summed E-state index contributed by atoms with van der Waals surface area (Å²) in [5.41, 5.74) is 0. The van der Waals surface area contributed by atoms with Gasteiger partial charge in [-0.15, -0.1) is 6.58 Å². The summed E-state index contributed by atoms with van der Waals surface area (Å²) < 4.78 is 3.22. The molecule has 0 aliphatic carbocycles. The maximum absolute atomic E-state index is 4.92. The summed E-state index contributed by atoms with van der Waals surface area (Å²) >= 11 is 11.2. The van der Waals surface area contributed by atoms with Crippen LogP contribution in [0.3, 0.4) is 0 Å². The molecule has 1 rings (SSSR count). The van der Waals surface area contributed by atoms with Gasteiger partial charge in [0.15, 0.2) is 0 Å². The van der Waals surface area contributed by atoms with Crippen molar-refractivity contribution in [2.75, 3.05) is 0 Å². The first-order valence-corrected chi connectivity index (χ1v) is 4.24. The van der Waals surface area contributed by atoms with Crippen molar-refractivity contribution in [2.24, 2.45) is 0 Å². The molecule has 0 spiro atoms. The molecule has 2 nitrogen and oxygen atoms in total. The molecule has 0 amide bonds. The third-order valence-corrected chi connectivity index (χ3v) is 2.71. The van der Waals surface area contributed by atoms with Gasteiger partial charge in [0.1, 0.15) is 8.46 Å². The predicted octanol–water partition coefficient (Wildman–Crippen LogP) is 2.52. The molecule has 1 heterocycles. The van der Waals surface area contributed by atoms with Crippen LogP contribution in [0.25, 0.3) is 0 Å². The summed E-state index contributed by atoms with van der Waals surface area (Å²) in [6.07, 6.45) is 1.79. The van der Waals surface area contributed by atoms with E-state index in [1.54, 1.807) is 6.08 Å². The number of hydrogen-bond acceptors (Lipinski definition) is 3. The second-order valence-electron chi connectivity index (χ2n) is 1.67. The standard InChI is InChI=1S/C5H6N2S3/c1-2-3-7-6-4(8)5(9)10-7/h2H,1,3H2,(H,6,8). The number of H-pyrrole nitrogens is 1. The van der Waals surface area contributed by atoms with Gasteiger partial charge in [-0.1, -0.05) is 30.5 Å². The number of rotatable bonds is 2. The molecular formula is C5H6N2S3. The van der Waals surface area contributed by atoms with Gasteiger partial charge < -0.3 is 0 Å². The Bertz CT molecular complexity index is 302. The van der Waals surface area contributed by atoms with Crippen LogP contribution in [0.5, 0.6) is 0 Å². The zero-order valence-corrected chi connectivity index (χ0v) is 7.61. The number of allylic oxidation sites excluding steroid dienone is 1. The SMILES string of the molecule is C=CCn1[nH]c(=S)c(=S)s1. The van der Waals surface area contributed by atoms with Crippen LogP contribution in [0.15, 0.2) is 12.7 Å². The van der Waals surface area contributed by atoms with E-state index < -0.39 is 0 Å². The summed E-state index contributed by atoms with van der Waals surface area (Å²) in [6.45, 7) is 4.33. The topological polar surface area (TPSA) is 20.7 Å². The fourth-order valence-corrected chi connectivity index (χ4v) is 1.76. The molecule has 0 aliphatic rings. The number of aromatic amines is 1. The molecule has 0 bridgehead atoms. The molecule has 0 unspecified atom stereocenters. The Hall–Kier alpha value is -0.260. The minimum Gasteiger partial charge on any atom is -0.277 e. The predicted molar refractivity (Wildman–Crippen MR) is 48.5 cm³/mol. The Kier molecular flexibility index (Phi) is 2.53. The van der Waals surface area contributed by atoms with Gasteiger partial charge in [-0.25, -0.2) is 4.07 Å². The highest BCUT2D eigenvalue weighted by Gasteiger charge is 1.89. The van der Waals surface area contributed by atoms with Crippen molar-refractivity contribution >= 4 is 36.0 Å². The zero-order chi connectivity index (χ0) is 7.56. The Morgan fingerprint density at radius 2 is 2.40 bits per heavy atom. The van der Waals surface area contributed by atoms with Crippen LogP contribution >= 0.6 is 36.0 Å². The van der Waals surface area contributed by atoms with Crippen molar-refractivity contribution in [3.63, 3.8) is 0 Å². The molecule has 1 aromatic heterocycles. The van der Waals surface area contributed by atoms with Gasteiger partial charge >= 0.3 is 0 Å². The lowest BCUT2D eigenvalue weighted by Crippen LogP contribution is -1.90. The Balaban J connectivity index is 3.10. The molecule has 0 aromatic carbocycles. The second kappa shape index (κ2) is 3.23. The quantitative estimate of drug-likeness (QED) is 0.571. The van der Waals surface area contributed by atoms with Crippen molar-refractivity contribution in [1.29, 1.82) is 0 Å². The second-order valence-corrected chi connectivity index (χ2v) is 3.78. The fourth-order valence-electron chi connectivity index (χ4n) is 0.523. The van der Waals surface area contributed by atoms with Crippen LogP contribution in [-0.4, -0.2) is 9.17 Å². The summed E-state index contributed by atoms with van der Waals surface area (Å²) in [7, 11) is 0. The minimum atomic E-state index is 0.641. The molecule has 54 valence electrons. The van der Waals surface area contributed by atoms with E-state index in [-0.39, 0.29) is 0 Å². The van der Waals surface area contributed by atoms with Gasteiger partial charge in [0.25, 0.3) is 0 Å². The van der Waals surface area contributed by atoms with Crippen LogP contribution in [0, 0.1) is 8.46 Å². The highest BCUT2D eigenvalue weighted by atomic mass is 32.2. The van der Waals surface area contributed by atoms with Gasteiger partial charge in [0.05, 0.1) is 6.54 Å². The molecule has 1 N–H and O–H groups in total. The molecule has 0 radical (unpaired) electrons. The summed E-state index contributed by atoms with van der Waals surface area (Å²) in [5, 5.41) is 2.92. The number of hydrogen-bond donors (Lipinski definition) is 1. The van der Waals surface area contributed by atoms with E-state index >= 15 is 0 Å². The highest BCUT2D eigenvalue weighted by Crippen LogP contribution is 2.01. The van der Waals surface area contributed by atoms with E-state index in [4.69, 9.17) is 24.4 Å². The van der Waals surface area contributed by atoms with E-state index in [1.165, 1.54) is 11.5 Å². The lowest BCUT2D eigenvalue weighted by atomic mass is 10.7. The van der Waals surface area contributed by atoms with Gasteiger partial charge in [-0.2, -0.15) is 0 Å². The Morgan fingerprint density at radius 1 is 1.70 bits per heavy atom. The average molecular weight is 190 g/mol. The van der Waals surface area contributed by atoms with E-state index in [0.29, 0.717) is 4.64 Å². The Labute approximate surface area is 73.0 Å². The molecule has 0 fully saturated rings. The third kappa shape index (κ3) is 1.62. The molecule has 0 saturated heterocycles. The van der Waals surface area contributed by atoms with Crippen molar-refractivity contribution in [3.05, 3.63) is 21.1 Å². The molecule has 0 aliphatic heterocycles. The smallest absolute Gasteiger partial charge is 0.148 e. The van der Waals surface area contributed by atoms with Gasteiger partial charge in [0, 0.05) is 0 Å². The zero-order valence-electron chi connectivity index (χ0n) is 5.16. The number of nitrogens with one attached hydrogen (secondary N) is 1. The van der Waals surface area contributed by atoms with E-state index in [0.717, 1.165) is 10.4 Å². The summed E-state index contributed by atoms with van der Waals surface area (Å²) in [5.74, 6) is 0. The number of nitrogens with zero attached hydrogens (tertiary/aromatic N) is 1. The van der Waals surface area contributed by atoms with Crippen LogP contribution in [0.4, 0.5) is 0 Å². The van der Waals surface area contributed by atoms with Crippen molar-refractivity contribution in [3.8, 4) is 0 Å². The maximum atomic E-state index is 4.92. The van der Waals surface area contributed by atoms with Crippen molar-refractivity contribution in [2.45, 2.75) is 6.54 Å². The Morgan fingerprint density at radius 3 is 2.80 bits per heavy atom. The average Bonchev–Trinajstić information content (AvgIpc) is 2.14. The first kappa shape index (κ1) is 7.84. The minimum absolute atomic E-state index is 0.641. The number of aromatic nitrogens is 2. The molecule has 0 saturated carbocycles. The molecule has 5 heteroatoms. The molecule has 1 aromatic rings. The van der Waals surface area contributed by atoms with Crippen molar-refractivity contribution in [1.82, 2.24) is 9.17 Å². The fraction of sp³-hybridized carbons (Fsp3) is 0.200. The van der Waals surface area contributed by atoms with E-state index in [2.05, 4.69) is 11.7 Å². The normalized spacial score (nSPS) is 9.60. The van der Waals surface area contributed by atoms with Crippen LogP contribution in [0.2, 0.25) is 0 Å². The van der Waals surface area contributed by atoms with E-state index in [1.807, 2.05) is 4.07 Å². The third-order valence-electron chi connectivity index (χ3n) is 0.900. The summed E-state index contributed by atoms with van der Waals surface area (Å²) in [6, 6.07) is 0. The van der Waals surface area contributed by atoms with Gasteiger partial charge in [-0.05, 0) is 11.5 Å². The van der Waals surface area contributed by atoms with Crippen LogP contribution < -0.4 is 0 Å². The molecule has 0 atom stereocenters. The monoisotopic (exact) mass is 190 g/mol. The molecule has 10 heavy (non-hydrogen) atoms. The maximum Gasteiger partial charge on any atom is 0.148 e.